The van der Waals surface area contributed by atoms with Crippen LogP contribution in [0, 0.1) is 6.92 Å². The lowest BCUT2D eigenvalue weighted by Crippen LogP contribution is -2.21. The number of hydrogen-bond donors (Lipinski definition) is 1. The van der Waals surface area contributed by atoms with Gasteiger partial charge in [-0.15, -0.1) is 11.3 Å². The molecule has 1 aromatic rings. The molecule has 84 valence electrons. The Labute approximate surface area is 99.1 Å². The summed E-state index contributed by atoms with van der Waals surface area (Å²) in [7, 11) is 0. The maximum absolute atomic E-state index is 9.97. The third-order valence-electron chi connectivity index (χ3n) is 2.77. The first-order valence-corrected chi connectivity index (χ1v) is 7.28. The van der Waals surface area contributed by atoms with Gasteiger partial charge in [0.2, 0.25) is 0 Å². The van der Waals surface area contributed by atoms with E-state index in [0.29, 0.717) is 5.25 Å². The van der Waals surface area contributed by atoms with E-state index in [9.17, 15) is 5.11 Å². The lowest BCUT2D eigenvalue weighted by atomic mass is 10.1. The summed E-state index contributed by atoms with van der Waals surface area (Å²) >= 11 is 3.46. The average Bonchev–Trinajstić information content (AvgIpc) is 2.50. The fourth-order valence-corrected chi connectivity index (χ4v) is 4.20. The van der Waals surface area contributed by atoms with Crippen molar-refractivity contribution in [2.45, 2.75) is 54.7 Å². The maximum atomic E-state index is 9.97. The molecule has 0 amide bonds. The van der Waals surface area contributed by atoms with Crippen LogP contribution in [0.15, 0.2) is 9.72 Å². The van der Waals surface area contributed by atoms with Gasteiger partial charge < -0.3 is 5.11 Å². The molecule has 0 bridgehead atoms. The first-order valence-electron chi connectivity index (χ1n) is 5.52. The van der Waals surface area contributed by atoms with Crippen molar-refractivity contribution in [2.75, 3.05) is 0 Å². The zero-order valence-electron chi connectivity index (χ0n) is 8.98. The summed E-state index contributed by atoms with van der Waals surface area (Å²) in [5, 5.41) is 12.4. The topological polar surface area (TPSA) is 33.1 Å². The van der Waals surface area contributed by atoms with Gasteiger partial charge in [-0.05, 0) is 19.8 Å². The number of thiazole rings is 1. The third kappa shape index (κ3) is 3.20. The minimum Gasteiger partial charge on any atom is -0.392 e. The molecule has 2 rings (SSSR count). The molecule has 4 heteroatoms. The smallest absolute Gasteiger partial charge is 0.150 e. The van der Waals surface area contributed by atoms with E-state index < -0.39 is 0 Å². The Kier molecular flexibility index (Phi) is 4.05. The van der Waals surface area contributed by atoms with Gasteiger partial charge in [0.05, 0.1) is 6.10 Å². The number of hydrogen-bond acceptors (Lipinski definition) is 4. The Bertz CT molecular complexity index is 313. The summed E-state index contributed by atoms with van der Waals surface area (Å²) < 4.78 is 1.11. The highest BCUT2D eigenvalue weighted by atomic mass is 32.2. The maximum Gasteiger partial charge on any atom is 0.150 e. The number of nitrogens with zero attached hydrogens (tertiary/aromatic N) is 1. The molecule has 1 aliphatic rings. The second-order valence-electron chi connectivity index (χ2n) is 4.12. The zero-order valence-corrected chi connectivity index (χ0v) is 10.6. The van der Waals surface area contributed by atoms with Crippen LogP contribution in [0.25, 0.3) is 0 Å². The Morgan fingerprint density at radius 1 is 1.40 bits per heavy atom. The molecule has 0 aromatic carbocycles. The first kappa shape index (κ1) is 11.4. The molecule has 1 aliphatic carbocycles. The number of aliphatic hydroxyl groups excluding tert-OH is 1. The summed E-state index contributed by atoms with van der Waals surface area (Å²) in [5.41, 5.74) is 1.09. The quantitative estimate of drug-likeness (QED) is 0.810. The Hall–Kier alpha value is -0.0600. The van der Waals surface area contributed by atoms with Crippen LogP contribution in [-0.2, 0) is 0 Å². The molecule has 2 unspecified atom stereocenters. The van der Waals surface area contributed by atoms with E-state index in [1.165, 1.54) is 19.3 Å². The largest absolute Gasteiger partial charge is 0.392 e. The van der Waals surface area contributed by atoms with E-state index in [-0.39, 0.29) is 6.10 Å². The molecule has 0 aliphatic heterocycles. The number of aryl methyl sites for hydroxylation is 1. The Morgan fingerprint density at radius 2 is 2.20 bits per heavy atom. The molecule has 0 saturated heterocycles. The Morgan fingerprint density at radius 3 is 2.93 bits per heavy atom. The highest BCUT2D eigenvalue weighted by Crippen LogP contribution is 2.34. The number of rotatable bonds is 2. The van der Waals surface area contributed by atoms with Crippen LogP contribution in [0.3, 0.4) is 0 Å². The molecule has 1 aromatic heterocycles. The molecule has 1 N–H and O–H groups in total. The summed E-state index contributed by atoms with van der Waals surface area (Å²) in [4.78, 5) is 4.44. The van der Waals surface area contributed by atoms with Crippen molar-refractivity contribution < 1.29 is 5.11 Å². The lowest BCUT2D eigenvalue weighted by Gasteiger charge is -2.17. The van der Waals surface area contributed by atoms with Crippen LogP contribution >= 0.6 is 23.1 Å². The minimum atomic E-state index is -0.137. The highest BCUT2D eigenvalue weighted by Gasteiger charge is 2.23. The van der Waals surface area contributed by atoms with E-state index in [1.807, 2.05) is 6.92 Å². The second-order valence-corrected chi connectivity index (χ2v) is 6.46. The van der Waals surface area contributed by atoms with Gasteiger partial charge in [0.25, 0.3) is 0 Å². The molecule has 1 saturated carbocycles. The molecule has 0 radical (unpaired) electrons. The summed E-state index contributed by atoms with van der Waals surface area (Å²) in [6.45, 7) is 2.02. The second kappa shape index (κ2) is 5.32. The summed E-state index contributed by atoms with van der Waals surface area (Å²) in [5.74, 6) is 0. The fourth-order valence-electron chi connectivity index (χ4n) is 1.91. The van der Waals surface area contributed by atoms with Crippen molar-refractivity contribution in [1.82, 2.24) is 4.98 Å². The third-order valence-corrected chi connectivity index (χ3v) is 5.24. The number of thioether (sulfide) groups is 1. The van der Waals surface area contributed by atoms with Crippen molar-refractivity contribution in [3.8, 4) is 0 Å². The summed E-state index contributed by atoms with van der Waals surface area (Å²) in [6, 6.07) is 0. The van der Waals surface area contributed by atoms with Gasteiger partial charge in [0, 0.05) is 16.3 Å². The van der Waals surface area contributed by atoms with Crippen LogP contribution in [0.5, 0.6) is 0 Å². The van der Waals surface area contributed by atoms with Gasteiger partial charge in [-0.2, -0.15) is 0 Å². The molecule has 0 spiro atoms. The van der Waals surface area contributed by atoms with Crippen molar-refractivity contribution in [1.29, 1.82) is 0 Å². The van der Waals surface area contributed by atoms with Crippen LogP contribution in [0.1, 0.15) is 37.8 Å². The normalized spacial score (nSPS) is 27.6. The molecular weight excluding hydrogens is 226 g/mol. The van der Waals surface area contributed by atoms with Gasteiger partial charge in [-0.1, -0.05) is 31.0 Å². The highest BCUT2D eigenvalue weighted by molar-refractivity contribution is 8.01. The molecule has 1 heterocycles. The minimum absolute atomic E-state index is 0.137. The first-order chi connectivity index (χ1) is 7.25. The van der Waals surface area contributed by atoms with Crippen LogP contribution in [-0.4, -0.2) is 21.4 Å². The molecule has 1 fully saturated rings. The van der Waals surface area contributed by atoms with Crippen molar-refractivity contribution in [3.05, 3.63) is 11.1 Å². The van der Waals surface area contributed by atoms with Crippen LogP contribution in [0.4, 0.5) is 0 Å². The van der Waals surface area contributed by atoms with E-state index in [1.54, 1.807) is 23.1 Å². The predicted molar refractivity (Wildman–Crippen MR) is 65.6 cm³/mol. The molecule has 2 nitrogen and oxygen atoms in total. The predicted octanol–water partition coefficient (Wildman–Crippen LogP) is 3.24. The molecule has 2 atom stereocenters. The van der Waals surface area contributed by atoms with E-state index in [4.69, 9.17) is 0 Å². The van der Waals surface area contributed by atoms with Gasteiger partial charge in [-0.25, -0.2) is 4.98 Å². The van der Waals surface area contributed by atoms with Gasteiger partial charge >= 0.3 is 0 Å². The number of aliphatic hydroxyl groups is 1. The van der Waals surface area contributed by atoms with Crippen molar-refractivity contribution >= 4 is 23.1 Å². The van der Waals surface area contributed by atoms with Gasteiger partial charge in [0.1, 0.15) is 4.34 Å². The average molecular weight is 243 g/mol. The van der Waals surface area contributed by atoms with Gasteiger partial charge in [-0.3, -0.25) is 0 Å². The van der Waals surface area contributed by atoms with E-state index >= 15 is 0 Å². The zero-order chi connectivity index (χ0) is 10.7. The van der Waals surface area contributed by atoms with Crippen molar-refractivity contribution in [2.24, 2.45) is 0 Å². The van der Waals surface area contributed by atoms with Crippen molar-refractivity contribution in [3.63, 3.8) is 0 Å². The Balaban J connectivity index is 1.97. The van der Waals surface area contributed by atoms with Crippen LogP contribution < -0.4 is 0 Å². The standard InChI is InChI=1S/C11H17NOS2/c1-8-7-14-11(12-8)15-10-6-4-2-3-5-9(10)13/h7,9-10,13H,2-6H2,1H3. The fraction of sp³-hybridized carbons (Fsp3) is 0.727. The number of aromatic nitrogens is 1. The van der Waals surface area contributed by atoms with E-state index in [2.05, 4.69) is 10.4 Å². The summed E-state index contributed by atoms with van der Waals surface area (Å²) in [6.07, 6.45) is 5.65. The van der Waals surface area contributed by atoms with E-state index in [0.717, 1.165) is 22.9 Å². The van der Waals surface area contributed by atoms with Crippen LogP contribution in [0.2, 0.25) is 0 Å². The SMILES string of the molecule is Cc1csc(SC2CCCCCC2O)n1. The lowest BCUT2D eigenvalue weighted by molar-refractivity contribution is 0.163. The molecule has 15 heavy (non-hydrogen) atoms. The monoisotopic (exact) mass is 243 g/mol. The van der Waals surface area contributed by atoms with Gasteiger partial charge in [0.15, 0.2) is 0 Å². The molecular formula is C11H17NOS2.